The van der Waals surface area contributed by atoms with E-state index in [1.54, 1.807) is 11.8 Å². The summed E-state index contributed by atoms with van der Waals surface area (Å²) in [5, 5.41) is 0.940. The minimum Gasteiger partial charge on any atom is -0.333 e. The summed E-state index contributed by atoms with van der Waals surface area (Å²) in [6.07, 6.45) is 1.92. The molecule has 2 aromatic carbocycles. The Kier molecular flexibility index (Phi) is 5.50. The molecule has 136 valence electrons. The van der Waals surface area contributed by atoms with E-state index in [-0.39, 0.29) is 0 Å². The van der Waals surface area contributed by atoms with Gasteiger partial charge in [0.2, 0.25) is 0 Å². The molecule has 0 aliphatic rings. The van der Waals surface area contributed by atoms with Crippen LogP contribution in [0.25, 0.3) is 11.0 Å². The van der Waals surface area contributed by atoms with E-state index in [1.165, 1.54) is 21.6 Å². The summed E-state index contributed by atoms with van der Waals surface area (Å²) in [4.78, 5) is 13.9. The number of nitrogens with one attached hydrogen (secondary N) is 1. The lowest BCUT2D eigenvalue weighted by atomic mass is 10.2. The molecule has 4 aromatic rings. The first-order chi connectivity index (χ1) is 13.2. The van der Waals surface area contributed by atoms with Crippen molar-refractivity contribution in [2.45, 2.75) is 35.4 Å². The fraction of sp³-hybridized carbons (Fsp3) is 0.182. The normalized spacial score (nSPS) is 11.2. The van der Waals surface area contributed by atoms with Crippen molar-refractivity contribution in [1.29, 1.82) is 0 Å². The number of hydrogen-bond acceptors (Lipinski definition) is 4. The van der Waals surface area contributed by atoms with E-state index >= 15 is 0 Å². The molecular weight excluding hydrogens is 370 g/mol. The molecule has 0 bridgehead atoms. The van der Waals surface area contributed by atoms with Crippen molar-refractivity contribution in [2.24, 2.45) is 0 Å². The second kappa shape index (κ2) is 8.19. The van der Waals surface area contributed by atoms with Crippen LogP contribution in [-0.4, -0.2) is 15.0 Å². The molecule has 1 N–H and O–H groups in total. The van der Waals surface area contributed by atoms with Crippen molar-refractivity contribution >= 4 is 34.6 Å². The Morgan fingerprint density at radius 2 is 1.70 bits per heavy atom. The largest absolute Gasteiger partial charge is 0.333 e. The topological polar surface area (TPSA) is 41.6 Å². The third-order valence-electron chi connectivity index (χ3n) is 4.49. The van der Waals surface area contributed by atoms with E-state index in [0.29, 0.717) is 0 Å². The van der Waals surface area contributed by atoms with Crippen LogP contribution in [0.3, 0.4) is 0 Å². The fourth-order valence-corrected chi connectivity index (χ4v) is 4.76. The number of imidazole rings is 1. The number of rotatable bonds is 6. The molecule has 5 heteroatoms. The minimum absolute atomic E-state index is 0.810. The number of benzene rings is 2. The van der Waals surface area contributed by atoms with Crippen molar-refractivity contribution in [3.05, 3.63) is 83.2 Å². The maximum absolute atomic E-state index is 4.64. The lowest BCUT2D eigenvalue weighted by Crippen LogP contribution is -1.94. The number of aryl methyl sites for hydroxylation is 1. The highest BCUT2D eigenvalue weighted by Gasteiger charge is 2.09. The molecule has 0 unspecified atom stereocenters. The summed E-state index contributed by atoms with van der Waals surface area (Å²) in [5.41, 5.74) is 7.11. The molecule has 2 aromatic heterocycles. The molecule has 4 rings (SSSR count). The van der Waals surface area contributed by atoms with Gasteiger partial charge in [0, 0.05) is 22.6 Å². The quantitative estimate of drug-likeness (QED) is 0.400. The van der Waals surface area contributed by atoms with E-state index in [4.69, 9.17) is 0 Å². The van der Waals surface area contributed by atoms with Gasteiger partial charge < -0.3 is 4.98 Å². The molecule has 0 aliphatic carbocycles. The maximum Gasteiger partial charge on any atom is 0.166 e. The average molecular weight is 392 g/mol. The van der Waals surface area contributed by atoms with E-state index in [0.717, 1.165) is 33.4 Å². The van der Waals surface area contributed by atoms with Crippen LogP contribution in [0.2, 0.25) is 0 Å². The second-order valence-corrected chi connectivity index (χ2v) is 8.48. The molecule has 27 heavy (non-hydrogen) atoms. The number of fused-ring (bicyclic) bond motifs is 1. The number of H-pyrrole nitrogens is 1. The molecule has 0 amide bonds. The van der Waals surface area contributed by atoms with Crippen LogP contribution in [0.4, 0.5) is 0 Å². The standard InChI is InChI=1S/C22H21N3S2/c1-15-7-9-17(10-8-15)13-26-21-11-12-23-20(16(21)2)14-27-22-24-18-5-3-4-6-19(18)25-22/h3-12H,13-14H2,1-2H3,(H,24,25). The third kappa shape index (κ3) is 4.37. The zero-order valence-electron chi connectivity index (χ0n) is 15.4. The predicted octanol–water partition coefficient (Wildman–Crippen LogP) is 6.16. The van der Waals surface area contributed by atoms with Gasteiger partial charge in [0.15, 0.2) is 5.16 Å². The fourth-order valence-electron chi connectivity index (χ4n) is 2.84. The maximum atomic E-state index is 4.64. The molecular formula is C22H21N3S2. The smallest absolute Gasteiger partial charge is 0.166 e. The first kappa shape index (κ1) is 18.1. The number of aromatic amines is 1. The average Bonchev–Trinajstić information content (AvgIpc) is 3.10. The highest BCUT2D eigenvalue weighted by molar-refractivity contribution is 7.98. The first-order valence-electron chi connectivity index (χ1n) is 8.89. The van der Waals surface area contributed by atoms with Crippen molar-refractivity contribution < 1.29 is 0 Å². The number of hydrogen-bond donors (Lipinski definition) is 1. The number of thioether (sulfide) groups is 2. The van der Waals surface area contributed by atoms with Gasteiger partial charge in [-0.15, -0.1) is 11.8 Å². The second-order valence-electron chi connectivity index (χ2n) is 6.50. The minimum atomic E-state index is 0.810. The highest BCUT2D eigenvalue weighted by atomic mass is 32.2. The van der Waals surface area contributed by atoms with Crippen LogP contribution in [0.5, 0.6) is 0 Å². The van der Waals surface area contributed by atoms with Gasteiger partial charge in [-0.05, 0) is 43.2 Å². The van der Waals surface area contributed by atoms with Gasteiger partial charge in [0.1, 0.15) is 0 Å². The zero-order chi connectivity index (χ0) is 18.6. The van der Waals surface area contributed by atoms with Crippen LogP contribution in [0.15, 0.2) is 70.8 Å². The zero-order valence-corrected chi connectivity index (χ0v) is 17.0. The van der Waals surface area contributed by atoms with Gasteiger partial charge >= 0.3 is 0 Å². The van der Waals surface area contributed by atoms with Crippen molar-refractivity contribution in [3.63, 3.8) is 0 Å². The number of aromatic nitrogens is 3. The van der Waals surface area contributed by atoms with Gasteiger partial charge in [0.25, 0.3) is 0 Å². The Bertz CT molecular complexity index is 1020. The number of nitrogens with zero attached hydrogens (tertiary/aromatic N) is 2. The Hall–Kier alpha value is -2.24. The van der Waals surface area contributed by atoms with Gasteiger partial charge in [-0.3, -0.25) is 4.98 Å². The molecule has 3 nitrogen and oxygen atoms in total. The van der Waals surface area contributed by atoms with E-state index < -0.39 is 0 Å². The molecule has 0 saturated carbocycles. The SMILES string of the molecule is Cc1ccc(CSc2ccnc(CSc3nc4ccccc4[nH]3)c2C)cc1. The van der Waals surface area contributed by atoms with E-state index in [1.807, 2.05) is 36.2 Å². The summed E-state index contributed by atoms with van der Waals surface area (Å²) in [6.45, 7) is 4.29. The van der Waals surface area contributed by atoms with Crippen LogP contribution >= 0.6 is 23.5 Å². The summed E-state index contributed by atoms with van der Waals surface area (Å²) < 4.78 is 0. The molecule has 0 fully saturated rings. The van der Waals surface area contributed by atoms with E-state index in [9.17, 15) is 0 Å². The Balaban J connectivity index is 1.43. The number of pyridine rings is 1. The highest BCUT2D eigenvalue weighted by Crippen LogP contribution is 2.30. The molecule has 0 radical (unpaired) electrons. The Labute approximate surface area is 168 Å². The van der Waals surface area contributed by atoms with Crippen LogP contribution in [0, 0.1) is 13.8 Å². The summed E-state index contributed by atoms with van der Waals surface area (Å²) in [7, 11) is 0. The van der Waals surface area contributed by atoms with Crippen LogP contribution in [0.1, 0.15) is 22.4 Å². The van der Waals surface area contributed by atoms with Gasteiger partial charge in [-0.2, -0.15) is 0 Å². The van der Waals surface area contributed by atoms with Crippen LogP contribution in [-0.2, 0) is 11.5 Å². The first-order valence-corrected chi connectivity index (χ1v) is 10.9. The summed E-state index contributed by atoms with van der Waals surface area (Å²) >= 11 is 3.57. The van der Waals surface area contributed by atoms with Crippen molar-refractivity contribution in [1.82, 2.24) is 15.0 Å². The lowest BCUT2D eigenvalue weighted by Gasteiger charge is -2.10. The summed E-state index contributed by atoms with van der Waals surface area (Å²) in [6, 6.07) is 19.0. The van der Waals surface area contributed by atoms with Crippen molar-refractivity contribution in [2.75, 3.05) is 0 Å². The Morgan fingerprint density at radius 3 is 2.52 bits per heavy atom. The molecule has 2 heterocycles. The molecule has 0 atom stereocenters. The molecule has 0 aliphatic heterocycles. The molecule has 0 spiro atoms. The van der Waals surface area contributed by atoms with Crippen molar-refractivity contribution in [3.8, 4) is 0 Å². The summed E-state index contributed by atoms with van der Waals surface area (Å²) in [5.74, 6) is 1.78. The third-order valence-corrected chi connectivity index (χ3v) is 6.60. The predicted molar refractivity (Wildman–Crippen MR) is 115 cm³/mol. The van der Waals surface area contributed by atoms with Gasteiger partial charge in [-0.25, -0.2) is 4.98 Å². The Morgan fingerprint density at radius 1 is 0.889 bits per heavy atom. The van der Waals surface area contributed by atoms with Gasteiger partial charge in [0.05, 0.1) is 16.7 Å². The number of para-hydroxylation sites is 2. The monoisotopic (exact) mass is 391 g/mol. The molecule has 0 saturated heterocycles. The lowest BCUT2D eigenvalue weighted by molar-refractivity contribution is 1.05. The van der Waals surface area contributed by atoms with E-state index in [2.05, 4.69) is 65.2 Å². The van der Waals surface area contributed by atoms with Gasteiger partial charge in [-0.1, -0.05) is 53.7 Å². The van der Waals surface area contributed by atoms with Crippen LogP contribution < -0.4 is 0 Å².